The van der Waals surface area contributed by atoms with Crippen molar-refractivity contribution in [3.8, 4) is 11.5 Å². The molecular weight excluding hydrogens is 649 g/mol. The van der Waals surface area contributed by atoms with Gasteiger partial charge in [-0.2, -0.15) is 13.4 Å². The Morgan fingerprint density at radius 3 is 2.39 bits per heavy atom. The number of hydrogen-bond acceptors (Lipinski definition) is 10. The quantitative estimate of drug-likeness (QED) is 0.124. The Bertz CT molecular complexity index is 1990. The lowest BCUT2D eigenvalue weighted by Gasteiger charge is -2.09. The molecule has 3 aromatic carbocycles. The van der Waals surface area contributed by atoms with Crippen molar-refractivity contribution in [1.82, 2.24) is 19.6 Å². The van der Waals surface area contributed by atoms with Gasteiger partial charge in [0.05, 0.1) is 17.1 Å². The number of nitro benzene ring substituents is 1. The number of ether oxygens (including phenoxy) is 2. The van der Waals surface area contributed by atoms with E-state index in [1.807, 2.05) is 0 Å². The highest BCUT2D eigenvalue weighted by Gasteiger charge is 2.24. The van der Waals surface area contributed by atoms with E-state index < -0.39 is 43.4 Å². The van der Waals surface area contributed by atoms with Crippen LogP contribution in [-0.4, -0.2) is 46.0 Å². The topological polar surface area (TPSA) is 168 Å². The molecule has 0 bridgehead atoms. The number of aryl methyl sites for hydroxylation is 1. The number of anilines is 1. The van der Waals surface area contributed by atoms with Gasteiger partial charge in [0, 0.05) is 29.0 Å². The van der Waals surface area contributed by atoms with Gasteiger partial charge in [0.25, 0.3) is 26.6 Å². The number of nitro groups is 1. The van der Waals surface area contributed by atoms with Gasteiger partial charge in [-0.15, -0.1) is 5.10 Å². The molecule has 2 heterocycles. The molecule has 0 unspecified atom stereocenters. The van der Waals surface area contributed by atoms with E-state index in [0.717, 1.165) is 35.9 Å². The summed E-state index contributed by atoms with van der Waals surface area (Å²) in [6.45, 7) is 1.70. The predicted molar refractivity (Wildman–Crippen MR) is 154 cm³/mol. The van der Waals surface area contributed by atoms with Crippen LogP contribution in [0.4, 0.5) is 20.2 Å². The molecule has 0 saturated carbocycles. The van der Waals surface area contributed by atoms with Gasteiger partial charge in [-0.3, -0.25) is 14.8 Å². The van der Waals surface area contributed by atoms with Gasteiger partial charge in [0.2, 0.25) is 0 Å². The fourth-order valence-electron chi connectivity index (χ4n) is 3.43. The van der Waals surface area contributed by atoms with Crippen LogP contribution >= 0.6 is 23.2 Å². The van der Waals surface area contributed by atoms with Crippen LogP contribution in [0.25, 0.3) is 5.78 Å². The summed E-state index contributed by atoms with van der Waals surface area (Å²) in [5, 5.41) is 14.7. The third-order valence-corrected chi connectivity index (χ3v) is 7.12. The minimum absolute atomic E-state index is 0.0642. The predicted octanol–water partition coefficient (Wildman–Crippen LogP) is 5.99. The first-order valence-electron chi connectivity index (χ1n) is 12.0. The molecule has 5 aromatic rings. The van der Waals surface area contributed by atoms with Crippen molar-refractivity contribution in [2.24, 2.45) is 0 Å². The summed E-state index contributed by atoms with van der Waals surface area (Å²) in [5.41, 5.74) is -0.751. The molecule has 0 radical (unpaired) electrons. The van der Waals surface area contributed by atoms with Gasteiger partial charge in [0.1, 0.15) is 34.4 Å². The summed E-state index contributed by atoms with van der Waals surface area (Å²) < 4.78 is 64.4. The second kappa shape index (κ2) is 13.2. The van der Waals surface area contributed by atoms with Crippen LogP contribution in [0.15, 0.2) is 72.0 Å². The lowest BCUT2D eigenvalue weighted by molar-refractivity contribution is -0.385. The second-order valence-electron chi connectivity index (χ2n) is 8.51. The Hall–Kier alpha value is -4.93. The van der Waals surface area contributed by atoms with Gasteiger partial charge < -0.3 is 9.47 Å². The normalized spacial score (nSPS) is 11.0. The zero-order valence-corrected chi connectivity index (χ0v) is 24.7. The zero-order chi connectivity index (χ0) is 32.2. The number of carbonyl (C=O) groups excluding carboxylic acids is 1. The molecule has 2 aromatic heterocycles. The summed E-state index contributed by atoms with van der Waals surface area (Å²) in [6, 6.07) is 13.0. The fraction of sp³-hybridized carbons (Fsp3) is 0.0769. The molecule has 228 valence electrons. The summed E-state index contributed by atoms with van der Waals surface area (Å²) in [4.78, 5) is 29.6. The van der Waals surface area contributed by atoms with Gasteiger partial charge in [-0.25, -0.2) is 23.1 Å². The summed E-state index contributed by atoms with van der Waals surface area (Å²) in [7, 11) is -3.21. The SMILES string of the molecule is COC(=O)c1cc(Oc2ccc(Cl)cc2Cl)ccc1[N+](=O)[O-].Cc1ccn2nc(S(=O)(=O)Nc3c(F)cccc3F)nc2n1. The third kappa shape index (κ3) is 7.34. The number of fused-ring (bicyclic) bond motifs is 1. The number of esters is 1. The van der Waals surface area contributed by atoms with E-state index in [1.54, 1.807) is 29.8 Å². The first-order chi connectivity index (χ1) is 20.8. The van der Waals surface area contributed by atoms with E-state index in [1.165, 1.54) is 24.4 Å². The number of hydrogen-bond donors (Lipinski definition) is 1. The third-order valence-electron chi connectivity index (χ3n) is 5.46. The highest BCUT2D eigenvalue weighted by Crippen LogP contribution is 2.33. The van der Waals surface area contributed by atoms with Crippen LogP contribution in [0, 0.1) is 28.7 Å². The lowest BCUT2D eigenvalue weighted by Crippen LogP contribution is -2.16. The minimum Gasteiger partial charge on any atom is -0.465 e. The van der Waals surface area contributed by atoms with E-state index >= 15 is 0 Å². The van der Waals surface area contributed by atoms with Crippen LogP contribution in [0.5, 0.6) is 11.5 Å². The average Bonchev–Trinajstić information content (AvgIpc) is 3.41. The molecular formula is C26H18Cl2F2N6O7S. The molecule has 44 heavy (non-hydrogen) atoms. The molecule has 0 atom stereocenters. The first-order valence-corrected chi connectivity index (χ1v) is 14.2. The number of nitrogens with one attached hydrogen (secondary N) is 1. The van der Waals surface area contributed by atoms with Crippen LogP contribution in [0.3, 0.4) is 0 Å². The van der Waals surface area contributed by atoms with Crippen LogP contribution in [0.2, 0.25) is 10.0 Å². The van der Waals surface area contributed by atoms with Crippen molar-refractivity contribution in [2.45, 2.75) is 12.1 Å². The number of benzene rings is 3. The Kier molecular flexibility index (Phi) is 9.56. The van der Waals surface area contributed by atoms with Crippen molar-refractivity contribution in [3.63, 3.8) is 0 Å². The lowest BCUT2D eigenvalue weighted by atomic mass is 10.1. The molecule has 0 aliphatic rings. The number of rotatable bonds is 7. The molecule has 5 rings (SSSR count). The number of sulfonamides is 1. The Morgan fingerprint density at radius 2 is 1.75 bits per heavy atom. The number of methoxy groups -OCH3 is 1. The molecule has 0 saturated heterocycles. The second-order valence-corrected chi connectivity index (χ2v) is 10.9. The van der Waals surface area contributed by atoms with E-state index in [4.69, 9.17) is 27.9 Å². The van der Waals surface area contributed by atoms with Crippen molar-refractivity contribution >= 4 is 56.3 Å². The van der Waals surface area contributed by atoms with Gasteiger partial charge in [-0.05, 0) is 49.4 Å². The van der Waals surface area contributed by atoms with E-state index in [2.05, 4.69) is 19.8 Å². The van der Waals surface area contributed by atoms with Crippen molar-refractivity contribution in [3.05, 3.63) is 110 Å². The number of halogens is 4. The van der Waals surface area contributed by atoms with Crippen molar-refractivity contribution in [2.75, 3.05) is 11.8 Å². The van der Waals surface area contributed by atoms with E-state index in [9.17, 15) is 32.1 Å². The summed E-state index contributed by atoms with van der Waals surface area (Å²) in [5.74, 6) is -2.35. The van der Waals surface area contributed by atoms with Crippen molar-refractivity contribution in [1.29, 1.82) is 0 Å². The Morgan fingerprint density at radius 1 is 1.05 bits per heavy atom. The maximum atomic E-state index is 13.5. The highest BCUT2D eigenvalue weighted by molar-refractivity contribution is 7.92. The highest BCUT2D eigenvalue weighted by atomic mass is 35.5. The zero-order valence-electron chi connectivity index (χ0n) is 22.4. The molecule has 1 N–H and O–H groups in total. The Balaban J connectivity index is 0.000000201. The number of aromatic nitrogens is 4. The van der Waals surface area contributed by atoms with Gasteiger partial charge in [0.15, 0.2) is 0 Å². The number of carbonyl (C=O) groups is 1. The molecule has 18 heteroatoms. The summed E-state index contributed by atoms with van der Waals surface area (Å²) >= 11 is 11.8. The Labute approximate surface area is 257 Å². The van der Waals surface area contributed by atoms with Crippen LogP contribution in [-0.2, 0) is 14.8 Å². The molecule has 0 aliphatic carbocycles. The minimum atomic E-state index is -4.35. The molecule has 0 spiro atoms. The maximum Gasteiger partial charge on any atom is 0.345 e. The molecule has 0 fully saturated rings. The van der Waals surface area contributed by atoms with Crippen LogP contribution in [0.1, 0.15) is 16.1 Å². The standard InChI is InChI=1S/C14H9Cl2NO5.C12H9F2N5O2S/c1-21-14(18)10-7-9(3-4-12(10)17(19)20)22-13-5-2-8(15)6-11(13)16;1-7-5-6-19-11(15-7)16-12(17-19)22(20,21)18-10-8(13)3-2-4-9(10)14/h2-7H,1H3;2-6,18H,1H3. The number of para-hydroxylation sites is 1. The van der Waals surface area contributed by atoms with Crippen molar-refractivity contribution < 1.29 is 36.4 Å². The molecule has 13 nitrogen and oxygen atoms in total. The molecule has 0 amide bonds. The maximum absolute atomic E-state index is 13.5. The van der Waals surface area contributed by atoms with Crippen LogP contribution < -0.4 is 9.46 Å². The average molecular weight is 667 g/mol. The smallest absolute Gasteiger partial charge is 0.345 e. The van der Waals surface area contributed by atoms with Gasteiger partial charge in [-0.1, -0.05) is 29.3 Å². The fourth-order valence-corrected chi connectivity index (χ4v) is 4.83. The van der Waals surface area contributed by atoms with E-state index in [0.29, 0.717) is 16.5 Å². The monoisotopic (exact) mass is 666 g/mol. The number of nitrogens with zero attached hydrogens (tertiary/aromatic N) is 5. The van der Waals surface area contributed by atoms with Gasteiger partial charge >= 0.3 is 5.97 Å². The first kappa shape index (κ1) is 32.0. The van der Waals surface area contributed by atoms with E-state index in [-0.39, 0.29) is 27.8 Å². The molecule has 0 aliphatic heterocycles. The largest absolute Gasteiger partial charge is 0.465 e. The summed E-state index contributed by atoms with van der Waals surface area (Å²) in [6.07, 6.45) is 1.48.